The summed E-state index contributed by atoms with van der Waals surface area (Å²) in [5.74, 6) is -1.63. The smallest absolute Gasteiger partial charge is 0.240 e. The van der Waals surface area contributed by atoms with E-state index in [2.05, 4.69) is 4.72 Å². The SMILES string of the molecule is O=S(=O)(NCCO)c1ccc(F)c(O)c1. The van der Waals surface area contributed by atoms with Gasteiger partial charge in [-0.1, -0.05) is 0 Å². The second-order valence-corrected chi connectivity index (χ2v) is 4.50. The summed E-state index contributed by atoms with van der Waals surface area (Å²) in [7, 11) is -3.80. The zero-order valence-electron chi connectivity index (χ0n) is 7.64. The molecule has 0 heterocycles. The Kier molecular flexibility index (Phi) is 3.61. The third kappa shape index (κ3) is 2.88. The van der Waals surface area contributed by atoms with Gasteiger partial charge in [0, 0.05) is 12.6 Å². The monoisotopic (exact) mass is 235 g/mol. The predicted molar refractivity (Wildman–Crippen MR) is 50.3 cm³/mol. The number of aliphatic hydroxyl groups excluding tert-OH is 1. The van der Waals surface area contributed by atoms with Crippen molar-refractivity contribution in [2.24, 2.45) is 0 Å². The molecule has 1 rings (SSSR count). The van der Waals surface area contributed by atoms with Crippen molar-refractivity contribution in [1.29, 1.82) is 0 Å². The Balaban J connectivity index is 3.00. The van der Waals surface area contributed by atoms with E-state index in [1.807, 2.05) is 0 Å². The van der Waals surface area contributed by atoms with Crippen molar-refractivity contribution in [2.45, 2.75) is 4.90 Å². The van der Waals surface area contributed by atoms with Crippen molar-refractivity contribution in [1.82, 2.24) is 4.72 Å². The molecule has 0 unspecified atom stereocenters. The standard InChI is InChI=1S/C8H10FNO4S/c9-7-2-1-6(5-8(7)12)15(13,14)10-3-4-11/h1-2,5,10-12H,3-4H2. The van der Waals surface area contributed by atoms with Crippen molar-refractivity contribution in [3.05, 3.63) is 24.0 Å². The summed E-state index contributed by atoms with van der Waals surface area (Å²) < 4.78 is 37.5. The summed E-state index contributed by atoms with van der Waals surface area (Å²) in [6.07, 6.45) is 0. The van der Waals surface area contributed by atoms with Gasteiger partial charge < -0.3 is 10.2 Å². The first-order valence-corrected chi connectivity index (χ1v) is 5.55. The van der Waals surface area contributed by atoms with E-state index in [4.69, 9.17) is 10.2 Å². The van der Waals surface area contributed by atoms with E-state index in [1.54, 1.807) is 0 Å². The Morgan fingerprint density at radius 3 is 2.60 bits per heavy atom. The molecule has 0 atom stereocenters. The molecular weight excluding hydrogens is 225 g/mol. The third-order valence-electron chi connectivity index (χ3n) is 1.63. The molecule has 84 valence electrons. The molecule has 0 spiro atoms. The Labute approximate surface area is 86.2 Å². The van der Waals surface area contributed by atoms with Crippen LogP contribution in [0, 0.1) is 5.82 Å². The van der Waals surface area contributed by atoms with Crippen LogP contribution in [0.5, 0.6) is 5.75 Å². The van der Waals surface area contributed by atoms with Crippen LogP contribution >= 0.6 is 0 Å². The molecule has 0 saturated carbocycles. The topological polar surface area (TPSA) is 86.6 Å². The maximum Gasteiger partial charge on any atom is 0.240 e. The average molecular weight is 235 g/mol. The first-order valence-electron chi connectivity index (χ1n) is 4.06. The van der Waals surface area contributed by atoms with Crippen LogP contribution in [0.15, 0.2) is 23.1 Å². The summed E-state index contributed by atoms with van der Waals surface area (Å²) in [5, 5.41) is 17.4. The molecule has 1 aromatic rings. The first kappa shape index (κ1) is 11.9. The number of phenolic OH excluding ortho intramolecular Hbond substituents is 1. The van der Waals surface area contributed by atoms with E-state index >= 15 is 0 Å². The lowest BCUT2D eigenvalue weighted by Gasteiger charge is -2.05. The van der Waals surface area contributed by atoms with E-state index in [-0.39, 0.29) is 18.0 Å². The van der Waals surface area contributed by atoms with E-state index < -0.39 is 21.6 Å². The van der Waals surface area contributed by atoms with Gasteiger partial charge in [-0.15, -0.1) is 0 Å². The van der Waals surface area contributed by atoms with Crippen molar-refractivity contribution in [2.75, 3.05) is 13.2 Å². The van der Waals surface area contributed by atoms with Gasteiger partial charge in [-0.2, -0.15) is 0 Å². The van der Waals surface area contributed by atoms with E-state index in [1.165, 1.54) is 0 Å². The molecule has 7 heteroatoms. The zero-order chi connectivity index (χ0) is 11.5. The molecule has 0 aliphatic heterocycles. The highest BCUT2D eigenvalue weighted by Gasteiger charge is 2.15. The van der Waals surface area contributed by atoms with Gasteiger partial charge in [0.05, 0.1) is 11.5 Å². The van der Waals surface area contributed by atoms with Crippen molar-refractivity contribution in [3.8, 4) is 5.75 Å². The summed E-state index contributed by atoms with van der Waals surface area (Å²) >= 11 is 0. The number of phenols is 1. The van der Waals surface area contributed by atoms with Crippen LogP contribution in [0.4, 0.5) is 4.39 Å². The molecule has 0 bridgehead atoms. The number of aliphatic hydroxyl groups is 1. The van der Waals surface area contributed by atoms with Crippen LogP contribution in [0.1, 0.15) is 0 Å². The minimum absolute atomic E-state index is 0.138. The number of aromatic hydroxyl groups is 1. The van der Waals surface area contributed by atoms with Crippen LogP contribution in [-0.4, -0.2) is 31.8 Å². The highest BCUT2D eigenvalue weighted by molar-refractivity contribution is 7.89. The minimum Gasteiger partial charge on any atom is -0.505 e. The molecule has 3 N–H and O–H groups in total. The van der Waals surface area contributed by atoms with Crippen LogP contribution in [0.2, 0.25) is 0 Å². The molecule has 0 saturated heterocycles. The van der Waals surface area contributed by atoms with Gasteiger partial charge in [-0.05, 0) is 12.1 Å². The van der Waals surface area contributed by atoms with Gasteiger partial charge in [0.2, 0.25) is 10.0 Å². The lowest BCUT2D eigenvalue weighted by Crippen LogP contribution is -2.26. The summed E-state index contributed by atoms with van der Waals surface area (Å²) in [6, 6.07) is 2.67. The molecule has 0 aliphatic carbocycles. The third-order valence-corrected chi connectivity index (χ3v) is 3.09. The fourth-order valence-electron chi connectivity index (χ4n) is 0.923. The highest BCUT2D eigenvalue weighted by Crippen LogP contribution is 2.19. The Morgan fingerprint density at radius 1 is 1.40 bits per heavy atom. The highest BCUT2D eigenvalue weighted by atomic mass is 32.2. The number of nitrogens with one attached hydrogen (secondary N) is 1. The fraction of sp³-hybridized carbons (Fsp3) is 0.250. The van der Waals surface area contributed by atoms with Gasteiger partial charge in [0.25, 0.3) is 0 Å². The van der Waals surface area contributed by atoms with Gasteiger partial charge >= 0.3 is 0 Å². The molecule has 0 fully saturated rings. The fourth-order valence-corrected chi connectivity index (χ4v) is 1.96. The number of hydrogen-bond acceptors (Lipinski definition) is 4. The first-order chi connectivity index (χ1) is 6.97. The average Bonchev–Trinajstić information content (AvgIpc) is 2.19. The second-order valence-electron chi connectivity index (χ2n) is 2.73. The van der Waals surface area contributed by atoms with Gasteiger partial charge in [-0.3, -0.25) is 0 Å². The lowest BCUT2D eigenvalue weighted by molar-refractivity contribution is 0.301. The van der Waals surface area contributed by atoms with Gasteiger partial charge in [0.1, 0.15) is 0 Å². The van der Waals surface area contributed by atoms with Crippen molar-refractivity contribution in [3.63, 3.8) is 0 Å². The molecule has 15 heavy (non-hydrogen) atoms. The lowest BCUT2D eigenvalue weighted by atomic mass is 10.3. The van der Waals surface area contributed by atoms with Crippen molar-refractivity contribution < 1.29 is 23.0 Å². The minimum atomic E-state index is -3.80. The molecule has 0 radical (unpaired) electrons. The zero-order valence-corrected chi connectivity index (χ0v) is 8.46. The summed E-state index contributed by atoms with van der Waals surface area (Å²) in [5.41, 5.74) is 0. The van der Waals surface area contributed by atoms with Gasteiger partial charge in [-0.25, -0.2) is 17.5 Å². The quantitative estimate of drug-likeness (QED) is 0.674. The number of halogens is 1. The Hall–Kier alpha value is -1.18. The van der Waals surface area contributed by atoms with Crippen LogP contribution in [-0.2, 0) is 10.0 Å². The number of rotatable bonds is 4. The molecule has 5 nitrogen and oxygen atoms in total. The summed E-state index contributed by atoms with van der Waals surface area (Å²) in [4.78, 5) is -0.255. The van der Waals surface area contributed by atoms with E-state index in [9.17, 15) is 12.8 Å². The largest absolute Gasteiger partial charge is 0.505 e. The maximum atomic E-state index is 12.6. The van der Waals surface area contributed by atoms with Crippen LogP contribution < -0.4 is 4.72 Å². The van der Waals surface area contributed by atoms with Crippen LogP contribution in [0.25, 0.3) is 0 Å². The Morgan fingerprint density at radius 2 is 2.07 bits per heavy atom. The number of hydrogen-bond donors (Lipinski definition) is 3. The van der Waals surface area contributed by atoms with E-state index in [0.717, 1.165) is 18.2 Å². The molecule has 0 aromatic heterocycles. The van der Waals surface area contributed by atoms with Gasteiger partial charge in [0.15, 0.2) is 11.6 Å². The second kappa shape index (κ2) is 4.56. The van der Waals surface area contributed by atoms with Crippen LogP contribution in [0.3, 0.4) is 0 Å². The van der Waals surface area contributed by atoms with E-state index in [0.29, 0.717) is 0 Å². The number of benzene rings is 1. The molecular formula is C8H10FNO4S. The molecule has 1 aromatic carbocycles. The molecule has 0 aliphatic rings. The Bertz CT molecular complexity index is 446. The normalized spacial score (nSPS) is 11.6. The maximum absolute atomic E-state index is 12.6. The summed E-state index contributed by atoms with van der Waals surface area (Å²) in [6.45, 7) is -0.479. The molecule has 0 amide bonds. The number of sulfonamides is 1. The predicted octanol–water partition coefficient (Wildman–Crippen LogP) is -0.198. The van der Waals surface area contributed by atoms with Crippen molar-refractivity contribution >= 4 is 10.0 Å².